The van der Waals surface area contributed by atoms with Crippen molar-refractivity contribution >= 4 is 85.7 Å². The average Bonchev–Trinajstić information content (AvgIpc) is 2.46. The zero-order valence-corrected chi connectivity index (χ0v) is 44.9. The van der Waals surface area contributed by atoms with Gasteiger partial charge in [-0.25, -0.2) is 43.6 Å². The maximum Gasteiger partial charge on any atom is 0.500 e. The molecular weight excluding hydrogens is 1230 g/mol. The minimum atomic E-state index is -5.71. The summed E-state index contributed by atoms with van der Waals surface area (Å²) in [5, 5.41) is 0. The third-order valence-corrected chi connectivity index (χ3v) is 16.8. The van der Waals surface area contributed by atoms with Crippen LogP contribution in [0, 0.1) is 0 Å². The predicted octanol–water partition coefficient (Wildman–Crippen LogP) is 12.4. The fourth-order valence-electron chi connectivity index (χ4n) is 8.14. The van der Waals surface area contributed by atoms with E-state index in [1.165, 1.54) is 97.1 Å². The van der Waals surface area contributed by atoms with E-state index in [9.17, 15) is 86.4 Å². The maximum absolute atomic E-state index is 13.2. The van der Waals surface area contributed by atoms with Crippen LogP contribution in [-0.4, -0.2) is 99.4 Å². The lowest BCUT2D eigenvalue weighted by atomic mass is 10.0. The Morgan fingerprint density at radius 2 is 0.476 bits per heavy atom. The van der Waals surface area contributed by atoms with E-state index in [0.29, 0.717) is 22.3 Å². The van der Waals surface area contributed by atoms with E-state index < -0.39 is 85.1 Å². The van der Waals surface area contributed by atoms with Crippen LogP contribution in [0.4, 0.5) is 52.7 Å². The van der Waals surface area contributed by atoms with Crippen molar-refractivity contribution in [1.82, 2.24) is 19.9 Å². The number of alkyl halides is 12. The van der Waals surface area contributed by atoms with Crippen molar-refractivity contribution in [3.8, 4) is 67.5 Å². The van der Waals surface area contributed by atoms with Gasteiger partial charge in [-0.2, -0.15) is 52.7 Å². The molecule has 0 amide bonds. The Balaban J connectivity index is 1.29. The van der Waals surface area contributed by atoms with Crippen LogP contribution in [0.15, 0.2) is 121 Å². The average molecular weight is 1260 g/mol. The van der Waals surface area contributed by atoms with Gasteiger partial charge in [0.2, 0.25) is 0 Å². The smallest absolute Gasteiger partial charge is 0.477 e. The first-order chi connectivity index (χ1) is 39.1. The topological polar surface area (TPSA) is 231 Å². The van der Waals surface area contributed by atoms with Gasteiger partial charge in [0.15, 0.2) is 23.8 Å². The van der Waals surface area contributed by atoms with Gasteiger partial charge in [-0.15, -0.1) is 0 Å². The van der Waals surface area contributed by atoms with E-state index in [-0.39, 0.29) is 90.1 Å². The van der Waals surface area contributed by atoms with Crippen LogP contribution >= 0.6 is 0 Å². The van der Waals surface area contributed by atoms with Crippen LogP contribution in [0.3, 0.4) is 0 Å². The molecule has 16 nitrogen and oxygen atoms in total. The first kappa shape index (κ1) is 60.2. The SMILES string of the molecule is O=S(=O)(COc1ccc(-c2c3nc(c(-c4ccc(OCS(=O)(=O)C(F)(F)F)cc4)c4ccc([nH]4)c(-c4ccc(OCS(=O)(=O)C(F)(F)F)cc4)c4nc(c(-c5ccc(OCS(=O)(=O)C(F)(F)F)cc5)c5ccc2[nH]5)C=C4)C=C3)cc1)C(F)(F)F. The zero-order chi connectivity index (χ0) is 61.0. The fourth-order valence-corrected chi connectivity index (χ4v) is 9.84. The second-order valence-corrected chi connectivity index (χ2v) is 25.6. The van der Waals surface area contributed by atoms with Gasteiger partial charge >= 0.3 is 22.0 Å². The Labute approximate surface area is 466 Å². The van der Waals surface area contributed by atoms with Gasteiger partial charge in [-0.3, -0.25) is 0 Å². The number of aromatic nitrogens is 4. The summed E-state index contributed by atoms with van der Waals surface area (Å²) in [7, 11) is -22.9. The lowest BCUT2D eigenvalue weighted by molar-refractivity contribution is -0.0455. The number of H-pyrrole nitrogens is 2. The molecule has 0 saturated carbocycles. The molecule has 7 aromatic rings. The Bertz CT molecular complexity index is 3860. The summed E-state index contributed by atoms with van der Waals surface area (Å²) < 4.78 is 273. The molecule has 0 aliphatic carbocycles. The number of rotatable bonds is 16. The number of hydrogen-bond donors (Lipinski definition) is 2. The second kappa shape index (κ2) is 22.0. The first-order valence-electron chi connectivity index (χ1n) is 23.4. The molecule has 442 valence electrons. The van der Waals surface area contributed by atoms with Crippen LogP contribution in [0.1, 0.15) is 22.8 Å². The van der Waals surface area contributed by atoms with Crippen molar-refractivity contribution in [2.75, 3.05) is 23.8 Å². The quantitative estimate of drug-likeness (QED) is 0.0857. The summed E-state index contributed by atoms with van der Waals surface area (Å²) in [4.78, 5) is 16.6. The largest absolute Gasteiger partial charge is 0.500 e. The van der Waals surface area contributed by atoms with Gasteiger partial charge < -0.3 is 28.9 Å². The molecule has 8 bridgehead atoms. The molecule has 2 aliphatic heterocycles. The van der Waals surface area contributed by atoms with Crippen molar-refractivity contribution in [3.63, 3.8) is 0 Å². The summed E-state index contributed by atoms with van der Waals surface area (Å²) in [6.07, 6.45) is 6.23. The van der Waals surface area contributed by atoms with E-state index in [1.807, 2.05) is 0 Å². The van der Waals surface area contributed by atoms with Crippen LogP contribution in [0.2, 0.25) is 0 Å². The molecule has 3 aromatic heterocycles. The zero-order valence-electron chi connectivity index (χ0n) is 41.6. The molecule has 84 heavy (non-hydrogen) atoms. The Kier molecular flexibility index (Phi) is 15.8. The van der Waals surface area contributed by atoms with Crippen molar-refractivity contribution in [2.45, 2.75) is 22.0 Å². The second-order valence-electron chi connectivity index (χ2n) is 17.9. The van der Waals surface area contributed by atoms with E-state index in [1.54, 1.807) is 48.6 Å². The maximum atomic E-state index is 13.2. The van der Waals surface area contributed by atoms with E-state index in [0.717, 1.165) is 0 Å². The predicted molar refractivity (Wildman–Crippen MR) is 282 cm³/mol. The van der Waals surface area contributed by atoms with Gasteiger partial charge in [0, 0.05) is 44.3 Å². The molecule has 0 fully saturated rings. The summed E-state index contributed by atoms with van der Waals surface area (Å²) in [5.74, 6) is -8.18. The minimum absolute atomic E-state index is 0.184. The molecule has 2 aliphatic rings. The molecule has 32 heteroatoms. The summed E-state index contributed by atoms with van der Waals surface area (Å²) >= 11 is 0. The van der Waals surface area contributed by atoms with E-state index >= 15 is 0 Å². The monoisotopic (exact) mass is 1260 g/mol. The Hall–Kier alpha value is -8.36. The first-order valence-corrected chi connectivity index (χ1v) is 30.0. The van der Waals surface area contributed by atoms with Crippen molar-refractivity contribution < 1.29 is 105 Å². The highest BCUT2D eigenvalue weighted by Gasteiger charge is 2.48. The van der Waals surface area contributed by atoms with E-state index in [4.69, 9.17) is 28.9 Å². The third kappa shape index (κ3) is 12.6. The van der Waals surface area contributed by atoms with E-state index in [2.05, 4.69) is 9.97 Å². The van der Waals surface area contributed by atoms with Crippen LogP contribution in [0.5, 0.6) is 23.0 Å². The highest BCUT2D eigenvalue weighted by molar-refractivity contribution is 7.92. The minimum Gasteiger partial charge on any atom is -0.477 e. The number of halogens is 12. The lowest BCUT2D eigenvalue weighted by Crippen LogP contribution is -2.28. The summed E-state index contributed by atoms with van der Waals surface area (Å²) in [6, 6.07) is 26.9. The van der Waals surface area contributed by atoms with Crippen molar-refractivity contribution in [2.24, 2.45) is 0 Å². The molecular formula is C52H34F12N4O12S4. The van der Waals surface area contributed by atoms with Crippen LogP contribution in [-0.2, 0) is 39.3 Å². The van der Waals surface area contributed by atoms with Crippen molar-refractivity contribution in [3.05, 3.63) is 144 Å². The van der Waals surface area contributed by atoms with Crippen LogP contribution < -0.4 is 18.9 Å². The number of aromatic amines is 2. The number of hydrogen-bond acceptors (Lipinski definition) is 14. The normalized spacial score (nSPS) is 13.5. The third-order valence-electron chi connectivity index (χ3n) is 12.3. The summed E-state index contributed by atoms with van der Waals surface area (Å²) in [6.45, 7) is 0. The molecule has 5 heterocycles. The van der Waals surface area contributed by atoms with Gasteiger partial charge in [0.25, 0.3) is 39.3 Å². The molecule has 2 N–H and O–H groups in total. The lowest BCUT2D eigenvalue weighted by Gasteiger charge is -2.11. The van der Waals surface area contributed by atoms with Gasteiger partial charge in [-0.1, -0.05) is 48.5 Å². The Morgan fingerprint density at radius 3 is 0.643 bits per heavy atom. The van der Waals surface area contributed by atoms with Crippen LogP contribution in [0.25, 0.3) is 90.9 Å². The van der Waals surface area contributed by atoms with Gasteiger partial charge in [0.05, 0.1) is 22.8 Å². The number of sulfone groups is 4. The molecule has 4 aromatic carbocycles. The molecule has 0 unspecified atom stereocenters. The molecule has 0 saturated heterocycles. The van der Waals surface area contributed by atoms with Gasteiger partial charge in [0.1, 0.15) is 23.0 Å². The van der Waals surface area contributed by atoms with Crippen molar-refractivity contribution in [1.29, 1.82) is 0 Å². The number of ether oxygens (including phenoxy) is 4. The molecule has 0 spiro atoms. The number of nitrogens with one attached hydrogen (secondary N) is 2. The fraction of sp³-hybridized carbons (Fsp3) is 0.154. The summed E-state index contributed by atoms with van der Waals surface area (Å²) in [5.41, 5.74) is -18.4. The molecule has 0 atom stereocenters. The molecule has 0 radical (unpaired) electrons. The van der Waals surface area contributed by atoms with Gasteiger partial charge in [-0.05, 0) is 119 Å². The number of nitrogens with zero attached hydrogens (tertiary/aromatic N) is 2. The molecule has 9 rings (SSSR count). The Morgan fingerprint density at radius 1 is 0.298 bits per heavy atom. The number of benzene rings is 4. The number of fused-ring (bicyclic) bond motifs is 8. The standard InChI is InChI=1S/C52H34F12N4O12S4/c53-49(54,55)81(69,70)25-77-33-9-1-29(2-10-33)45-37-17-19-39(65-37)46(30-3-11-34(12-4-30)78-26-82(71,72)50(56,57)58)41-21-23-43(67-41)48(32-7-15-36(16-8-32)80-28-84(75,76)52(62,63)64)44-24-22-42(68-44)47(40-20-18-38(45)66-40)31-5-13-35(14-6-31)79-27-83(73,74)51(59,60)61/h1-24,65,68H,25-28H2. The highest BCUT2D eigenvalue weighted by Crippen LogP contribution is 2.41. The highest BCUT2D eigenvalue weighted by atomic mass is 32.2.